The third-order valence-electron chi connectivity index (χ3n) is 5.80. The van der Waals surface area contributed by atoms with Crippen LogP contribution in [-0.2, 0) is 17.4 Å². The fraction of sp³-hybridized carbons (Fsp3) is 0.179. The minimum atomic E-state index is -4.50. The topological polar surface area (TPSA) is 71.1 Å². The SMILES string of the molecule is CC(CI)(NC(=O)c1ccc(C(F)(F)F)cc1)C(=O)Nc1nc(-c2ccccc2)c(Cc2ccccc2)s1. The summed E-state index contributed by atoms with van der Waals surface area (Å²) in [5.41, 5.74) is 0.619. The van der Waals surface area contributed by atoms with Crippen molar-refractivity contribution in [3.63, 3.8) is 0 Å². The van der Waals surface area contributed by atoms with Gasteiger partial charge in [0.15, 0.2) is 5.13 Å². The number of hydrogen-bond acceptors (Lipinski definition) is 4. The molecule has 0 aliphatic heterocycles. The summed E-state index contributed by atoms with van der Waals surface area (Å²) < 4.78 is 38.8. The van der Waals surface area contributed by atoms with Gasteiger partial charge in [0.25, 0.3) is 11.8 Å². The van der Waals surface area contributed by atoms with E-state index in [1.54, 1.807) is 6.92 Å². The fourth-order valence-electron chi connectivity index (χ4n) is 3.65. The number of alkyl halides is 4. The predicted octanol–water partition coefficient (Wildman–Crippen LogP) is 6.98. The minimum Gasteiger partial charge on any atom is -0.337 e. The maximum atomic E-state index is 13.3. The van der Waals surface area contributed by atoms with Crippen molar-refractivity contribution in [2.75, 3.05) is 9.74 Å². The van der Waals surface area contributed by atoms with E-state index in [0.717, 1.165) is 46.0 Å². The van der Waals surface area contributed by atoms with Gasteiger partial charge in [-0.15, -0.1) is 11.3 Å². The Balaban J connectivity index is 1.54. The Morgan fingerprint density at radius 2 is 1.53 bits per heavy atom. The van der Waals surface area contributed by atoms with Crippen molar-refractivity contribution in [3.05, 3.63) is 106 Å². The standard InChI is InChI=1S/C28H23F3IN3O2S/c1-27(17-32,35-24(36)20-12-14-21(15-13-20)28(29,30)31)25(37)34-26-33-23(19-10-6-3-7-11-19)22(38-26)16-18-8-4-2-5-9-18/h2-15H,16-17H2,1H3,(H,35,36)(H,33,34,37). The number of nitrogens with zero attached hydrogens (tertiary/aromatic N) is 1. The molecule has 1 aromatic heterocycles. The zero-order chi connectivity index (χ0) is 27.3. The largest absolute Gasteiger partial charge is 0.416 e. The molecule has 196 valence electrons. The van der Waals surface area contributed by atoms with Gasteiger partial charge in [-0.25, -0.2) is 4.98 Å². The Kier molecular flexibility index (Phi) is 8.51. The first-order valence-electron chi connectivity index (χ1n) is 11.6. The Bertz CT molecular complexity index is 1410. The summed E-state index contributed by atoms with van der Waals surface area (Å²) in [4.78, 5) is 31.8. The average molecular weight is 649 g/mol. The van der Waals surface area contributed by atoms with E-state index in [4.69, 9.17) is 4.98 Å². The average Bonchev–Trinajstić information content (AvgIpc) is 3.31. The number of carbonyl (C=O) groups is 2. The van der Waals surface area contributed by atoms with E-state index >= 15 is 0 Å². The van der Waals surface area contributed by atoms with Crippen LogP contribution in [0.1, 0.15) is 33.3 Å². The van der Waals surface area contributed by atoms with Crippen molar-refractivity contribution >= 4 is 50.9 Å². The Labute approximate surface area is 235 Å². The molecule has 5 nitrogen and oxygen atoms in total. The van der Waals surface area contributed by atoms with Gasteiger partial charge in [-0.2, -0.15) is 13.2 Å². The van der Waals surface area contributed by atoms with Crippen LogP contribution in [0, 0.1) is 0 Å². The second kappa shape index (κ2) is 11.6. The number of aromatic nitrogens is 1. The molecule has 1 atom stereocenters. The highest BCUT2D eigenvalue weighted by Gasteiger charge is 2.35. The molecule has 0 aliphatic rings. The summed E-state index contributed by atoms with van der Waals surface area (Å²) in [6.45, 7) is 1.56. The van der Waals surface area contributed by atoms with Crippen molar-refractivity contribution in [1.82, 2.24) is 10.3 Å². The van der Waals surface area contributed by atoms with Crippen molar-refractivity contribution in [1.29, 1.82) is 0 Å². The van der Waals surface area contributed by atoms with Crippen LogP contribution >= 0.6 is 33.9 Å². The quantitative estimate of drug-likeness (QED) is 0.160. The maximum absolute atomic E-state index is 13.3. The second-order valence-corrected chi connectivity index (χ2v) is 10.6. The van der Waals surface area contributed by atoms with E-state index < -0.39 is 29.1 Å². The summed E-state index contributed by atoms with van der Waals surface area (Å²) in [7, 11) is 0. The van der Waals surface area contributed by atoms with Gasteiger partial charge in [0.2, 0.25) is 0 Å². The Morgan fingerprint density at radius 1 is 0.921 bits per heavy atom. The highest BCUT2D eigenvalue weighted by molar-refractivity contribution is 14.1. The number of nitrogens with one attached hydrogen (secondary N) is 2. The second-order valence-electron chi connectivity index (χ2n) is 8.77. The minimum absolute atomic E-state index is 0.0210. The van der Waals surface area contributed by atoms with Crippen LogP contribution in [0.15, 0.2) is 84.9 Å². The number of benzene rings is 3. The molecule has 1 heterocycles. The smallest absolute Gasteiger partial charge is 0.337 e. The number of thiazole rings is 1. The molecular weight excluding hydrogens is 626 g/mol. The molecule has 0 saturated heterocycles. The van der Waals surface area contributed by atoms with Crippen LogP contribution in [0.4, 0.5) is 18.3 Å². The number of hydrogen-bond donors (Lipinski definition) is 2. The summed E-state index contributed by atoms with van der Waals surface area (Å²) in [6.07, 6.45) is -3.87. The zero-order valence-corrected chi connectivity index (χ0v) is 23.2. The van der Waals surface area contributed by atoms with Gasteiger partial charge >= 0.3 is 6.18 Å². The number of halogens is 4. The molecule has 4 aromatic rings. The zero-order valence-electron chi connectivity index (χ0n) is 20.2. The predicted molar refractivity (Wildman–Crippen MR) is 152 cm³/mol. The van der Waals surface area contributed by atoms with Crippen LogP contribution in [0.5, 0.6) is 0 Å². The molecule has 0 bridgehead atoms. The van der Waals surface area contributed by atoms with Gasteiger partial charge in [-0.05, 0) is 36.8 Å². The van der Waals surface area contributed by atoms with Gasteiger partial charge in [-0.3, -0.25) is 14.9 Å². The van der Waals surface area contributed by atoms with Crippen LogP contribution in [0.25, 0.3) is 11.3 Å². The summed E-state index contributed by atoms with van der Waals surface area (Å²) in [5.74, 6) is -1.13. The fourth-order valence-corrected chi connectivity index (χ4v) is 5.20. The molecular formula is C28H23F3IN3O2S. The Hall–Kier alpha value is -3.25. The number of carbonyl (C=O) groups excluding carboxylic acids is 2. The van der Waals surface area contributed by atoms with Gasteiger partial charge in [0.05, 0.1) is 11.3 Å². The van der Waals surface area contributed by atoms with Crippen molar-refractivity contribution in [3.8, 4) is 11.3 Å². The molecule has 38 heavy (non-hydrogen) atoms. The lowest BCUT2D eigenvalue weighted by Crippen LogP contribution is -2.56. The van der Waals surface area contributed by atoms with Crippen LogP contribution < -0.4 is 10.6 Å². The van der Waals surface area contributed by atoms with Gasteiger partial charge in [-0.1, -0.05) is 83.3 Å². The van der Waals surface area contributed by atoms with Gasteiger partial charge < -0.3 is 5.32 Å². The van der Waals surface area contributed by atoms with E-state index in [9.17, 15) is 22.8 Å². The van der Waals surface area contributed by atoms with E-state index in [2.05, 4.69) is 10.6 Å². The first-order valence-corrected chi connectivity index (χ1v) is 13.9. The van der Waals surface area contributed by atoms with Gasteiger partial charge in [0, 0.05) is 26.9 Å². The number of amides is 2. The molecule has 0 aliphatic carbocycles. The monoisotopic (exact) mass is 649 g/mol. The van der Waals surface area contributed by atoms with Crippen LogP contribution in [0.2, 0.25) is 0 Å². The molecule has 0 fully saturated rings. The molecule has 4 rings (SSSR count). The molecule has 10 heteroatoms. The van der Waals surface area contributed by atoms with E-state index in [1.807, 2.05) is 83.3 Å². The number of anilines is 1. The molecule has 0 spiro atoms. The van der Waals surface area contributed by atoms with Gasteiger partial charge in [0.1, 0.15) is 5.54 Å². The van der Waals surface area contributed by atoms with E-state index in [1.165, 1.54) is 11.3 Å². The third-order valence-corrected chi connectivity index (χ3v) is 8.30. The first-order chi connectivity index (χ1) is 18.1. The Morgan fingerprint density at radius 3 is 2.11 bits per heavy atom. The normalized spacial score (nSPS) is 13.0. The highest BCUT2D eigenvalue weighted by Crippen LogP contribution is 2.33. The summed E-state index contributed by atoms with van der Waals surface area (Å²) >= 11 is 3.35. The van der Waals surface area contributed by atoms with E-state index in [-0.39, 0.29) is 9.99 Å². The lowest BCUT2D eigenvalue weighted by atomic mass is 10.0. The molecule has 2 N–H and O–H groups in total. The van der Waals surface area contributed by atoms with E-state index in [0.29, 0.717) is 11.6 Å². The molecule has 0 radical (unpaired) electrons. The van der Waals surface area contributed by atoms with Crippen molar-refractivity contribution in [2.45, 2.75) is 25.1 Å². The van der Waals surface area contributed by atoms with Crippen molar-refractivity contribution in [2.24, 2.45) is 0 Å². The molecule has 0 saturated carbocycles. The molecule has 1 unspecified atom stereocenters. The number of rotatable bonds is 8. The van der Waals surface area contributed by atoms with Crippen molar-refractivity contribution < 1.29 is 22.8 Å². The van der Waals surface area contributed by atoms with Crippen LogP contribution in [-0.4, -0.2) is 26.8 Å². The first kappa shape index (κ1) is 27.8. The lowest BCUT2D eigenvalue weighted by Gasteiger charge is -2.27. The third kappa shape index (κ3) is 6.60. The maximum Gasteiger partial charge on any atom is 0.416 e. The summed E-state index contributed by atoms with van der Waals surface area (Å²) in [6, 6.07) is 23.4. The highest BCUT2D eigenvalue weighted by atomic mass is 127. The molecule has 3 aromatic carbocycles. The lowest BCUT2D eigenvalue weighted by molar-refractivity contribution is -0.137. The molecule has 2 amide bonds. The van der Waals surface area contributed by atoms with Crippen LogP contribution in [0.3, 0.4) is 0 Å². The summed E-state index contributed by atoms with van der Waals surface area (Å²) in [5, 5.41) is 5.89.